The molecule has 20 heavy (non-hydrogen) atoms. The summed E-state index contributed by atoms with van der Waals surface area (Å²) in [6.07, 6.45) is 0. The van der Waals surface area contributed by atoms with E-state index >= 15 is 0 Å². The normalized spacial score (nSPS) is 10.7. The summed E-state index contributed by atoms with van der Waals surface area (Å²) in [6, 6.07) is 2.62. The van der Waals surface area contributed by atoms with Crippen molar-refractivity contribution in [3.05, 3.63) is 58.9 Å². The van der Waals surface area contributed by atoms with Gasteiger partial charge in [-0.3, -0.25) is 0 Å². The Labute approximate surface area is 110 Å². The molecule has 2 rings (SSSR count). The van der Waals surface area contributed by atoms with Crippen molar-refractivity contribution in [2.24, 2.45) is 0 Å². The highest BCUT2D eigenvalue weighted by molar-refractivity contribution is 5.46. The van der Waals surface area contributed by atoms with Gasteiger partial charge in [0.15, 0.2) is 29.0 Å². The summed E-state index contributed by atoms with van der Waals surface area (Å²) in [5.74, 6) is -7.09. The third-order valence-electron chi connectivity index (χ3n) is 2.57. The minimum atomic E-state index is -1.34. The third kappa shape index (κ3) is 2.81. The topological polar surface area (TPSA) is 32.3 Å². The molecule has 0 unspecified atom stereocenters. The molecule has 0 bridgehead atoms. The van der Waals surface area contributed by atoms with Gasteiger partial charge in [0.05, 0.1) is 5.69 Å². The maximum Gasteiger partial charge on any atom is 0.187 e. The number of hydrogen-bond donors (Lipinski definition) is 2. The molecular formula is C13H8F5NO. The summed E-state index contributed by atoms with van der Waals surface area (Å²) < 4.78 is 65.1. The zero-order valence-electron chi connectivity index (χ0n) is 9.85. The van der Waals surface area contributed by atoms with Gasteiger partial charge in [0.25, 0.3) is 0 Å². The van der Waals surface area contributed by atoms with Gasteiger partial charge in [-0.15, -0.1) is 0 Å². The molecule has 0 radical (unpaired) electrons. The van der Waals surface area contributed by atoms with E-state index in [0.717, 1.165) is 12.1 Å². The number of rotatable bonds is 3. The maximum absolute atomic E-state index is 13.3. The minimum absolute atomic E-state index is 0.0573. The highest BCUT2D eigenvalue weighted by Crippen LogP contribution is 2.23. The second-order valence-corrected chi connectivity index (χ2v) is 4.01. The Morgan fingerprint density at radius 3 is 1.90 bits per heavy atom. The molecule has 0 heterocycles. The van der Waals surface area contributed by atoms with E-state index in [1.807, 2.05) is 0 Å². The van der Waals surface area contributed by atoms with Crippen LogP contribution in [-0.2, 0) is 6.54 Å². The van der Waals surface area contributed by atoms with Crippen LogP contribution in [0, 0.1) is 29.1 Å². The number of hydrogen-bond acceptors (Lipinski definition) is 2. The number of aromatic hydroxyl groups is 1. The lowest BCUT2D eigenvalue weighted by Gasteiger charge is -2.09. The van der Waals surface area contributed by atoms with Gasteiger partial charge in [-0.1, -0.05) is 0 Å². The molecule has 106 valence electrons. The molecule has 0 aliphatic carbocycles. The van der Waals surface area contributed by atoms with E-state index in [1.165, 1.54) is 0 Å². The Hall–Kier alpha value is -2.31. The van der Waals surface area contributed by atoms with E-state index in [-0.39, 0.29) is 17.8 Å². The molecule has 0 saturated carbocycles. The maximum atomic E-state index is 13.3. The van der Waals surface area contributed by atoms with E-state index in [9.17, 15) is 22.0 Å². The van der Waals surface area contributed by atoms with Crippen molar-refractivity contribution >= 4 is 5.69 Å². The summed E-state index contributed by atoms with van der Waals surface area (Å²) in [6.45, 7) is -0.240. The van der Waals surface area contributed by atoms with Crippen LogP contribution < -0.4 is 5.32 Å². The first-order valence-electron chi connectivity index (χ1n) is 5.44. The minimum Gasteiger partial charge on any atom is -0.503 e. The van der Waals surface area contributed by atoms with Gasteiger partial charge >= 0.3 is 0 Å². The van der Waals surface area contributed by atoms with Gasteiger partial charge in [0, 0.05) is 18.7 Å². The molecule has 0 aliphatic heterocycles. The Morgan fingerprint density at radius 2 is 1.30 bits per heavy atom. The van der Waals surface area contributed by atoms with E-state index in [4.69, 9.17) is 5.11 Å². The van der Waals surface area contributed by atoms with E-state index in [2.05, 4.69) is 5.32 Å². The van der Waals surface area contributed by atoms with Crippen LogP contribution in [0.1, 0.15) is 5.56 Å². The Kier molecular flexibility index (Phi) is 3.78. The SMILES string of the molecule is Oc1c(F)cc(CNc2cc(F)c(F)cc2F)cc1F. The summed E-state index contributed by atoms with van der Waals surface area (Å²) in [7, 11) is 0. The molecule has 0 atom stereocenters. The van der Waals surface area contributed by atoms with Crippen molar-refractivity contribution in [3.63, 3.8) is 0 Å². The zero-order valence-corrected chi connectivity index (χ0v) is 9.85. The van der Waals surface area contributed by atoms with Crippen LogP contribution >= 0.6 is 0 Å². The third-order valence-corrected chi connectivity index (χ3v) is 2.57. The first kappa shape index (κ1) is 14.1. The lowest BCUT2D eigenvalue weighted by atomic mass is 10.2. The van der Waals surface area contributed by atoms with E-state index in [0.29, 0.717) is 12.1 Å². The fraction of sp³-hybridized carbons (Fsp3) is 0.0769. The number of phenolic OH excluding ortho intramolecular Hbond substituents is 1. The second kappa shape index (κ2) is 5.36. The Bertz CT molecular complexity index is 636. The molecule has 2 aromatic rings. The molecule has 2 N–H and O–H groups in total. The van der Waals surface area contributed by atoms with E-state index in [1.54, 1.807) is 0 Å². The Balaban J connectivity index is 2.19. The summed E-state index contributed by atoms with van der Waals surface area (Å²) in [5, 5.41) is 11.3. The number of nitrogens with one attached hydrogen (secondary N) is 1. The number of halogens is 5. The molecule has 0 aromatic heterocycles. The summed E-state index contributed by atoms with van der Waals surface area (Å²) in [4.78, 5) is 0. The largest absolute Gasteiger partial charge is 0.503 e. The van der Waals surface area contributed by atoms with Crippen LogP contribution in [0.15, 0.2) is 24.3 Å². The summed E-state index contributed by atoms with van der Waals surface area (Å²) >= 11 is 0. The van der Waals surface area contributed by atoms with Gasteiger partial charge in [0.1, 0.15) is 5.82 Å². The predicted octanol–water partition coefficient (Wildman–Crippen LogP) is 3.70. The first-order chi connectivity index (χ1) is 9.38. The van der Waals surface area contributed by atoms with E-state index < -0.39 is 34.8 Å². The highest BCUT2D eigenvalue weighted by atomic mass is 19.2. The van der Waals surface area contributed by atoms with Gasteiger partial charge in [-0.25, -0.2) is 22.0 Å². The molecule has 2 nitrogen and oxygen atoms in total. The molecule has 7 heteroatoms. The van der Waals surface area contributed by atoms with Crippen molar-refractivity contribution in [1.82, 2.24) is 0 Å². The van der Waals surface area contributed by atoms with Crippen molar-refractivity contribution in [2.75, 3.05) is 5.32 Å². The zero-order chi connectivity index (χ0) is 14.9. The van der Waals surface area contributed by atoms with Crippen LogP contribution in [0.2, 0.25) is 0 Å². The fourth-order valence-electron chi connectivity index (χ4n) is 1.58. The standard InChI is InChI=1S/C13H8F5NO/c14-7-3-9(16)12(4-8(7)15)19-5-6-1-10(17)13(20)11(18)2-6/h1-4,19-20H,5H2. The average Bonchev–Trinajstić information content (AvgIpc) is 2.38. The van der Waals surface area contributed by atoms with Crippen LogP contribution in [0.25, 0.3) is 0 Å². The molecular weight excluding hydrogens is 281 g/mol. The number of benzene rings is 2. The van der Waals surface area contributed by atoms with Crippen LogP contribution in [0.4, 0.5) is 27.6 Å². The quantitative estimate of drug-likeness (QED) is 0.667. The molecule has 0 amide bonds. The van der Waals surface area contributed by atoms with Crippen LogP contribution in [0.5, 0.6) is 5.75 Å². The fourth-order valence-corrected chi connectivity index (χ4v) is 1.58. The van der Waals surface area contributed by atoms with Crippen molar-refractivity contribution < 1.29 is 27.1 Å². The lowest BCUT2D eigenvalue weighted by Crippen LogP contribution is -2.04. The highest BCUT2D eigenvalue weighted by Gasteiger charge is 2.12. The van der Waals surface area contributed by atoms with Gasteiger partial charge in [0.2, 0.25) is 0 Å². The van der Waals surface area contributed by atoms with Crippen molar-refractivity contribution in [2.45, 2.75) is 6.54 Å². The molecule has 2 aromatic carbocycles. The van der Waals surface area contributed by atoms with Crippen LogP contribution in [0.3, 0.4) is 0 Å². The predicted molar refractivity (Wildman–Crippen MR) is 61.7 cm³/mol. The summed E-state index contributed by atoms with van der Waals surface area (Å²) in [5.41, 5.74) is -0.292. The molecule has 0 aliphatic rings. The van der Waals surface area contributed by atoms with Crippen molar-refractivity contribution in [3.8, 4) is 5.75 Å². The van der Waals surface area contributed by atoms with Crippen molar-refractivity contribution in [1.29, 1.82) is 0 Å². The van der Waals surface area contributed by atoms with Gasteiger partial charge in [-0.2, -0.15) is 0 Å². The Morgan fingerprint density at radius 1 is 0.750 bits per heavy atom. The second-order valence-electron chi connectivity index (χ2n) is 4.01. The molecule has 0 saturated heterocycles. The average molecular weight is 289 g/mol. The molecule has 0 fully saturated rings. The van der Waals surface area contributed by atoms with Crippen LogP contribution in [-0.4, -0.2) is 5.11 Å². The lowest BCUT2D eigenvalue weighted by molar-refractivity contribution is 0.395. The van der Waals surface area contributed by atoms with Gasteiger partial charge in [-0.05, 0) is 17.7 Å². The number of phenols is 1. The first-order valence-corrected chi connectivity index (χ1v) is 5.44. The number of anilines is 1. The molecule has 0 spiro atoms. The van der Waals surface area contributed by atoms with Gasteiger partial charge < -0.3 is 10.4 Å². The monoisotopic (exact) mass is 289 g/mol. The smallest absolute Gasteiger partial charge is 0.187 e.